The second kappa shape index (κ2) is 13.5. The molecule has 0 unspecified atom stereocenters. The third-order valence-corrected chi connectivity index (χ3v) is 9.51. The van der Waals surface area contributed by atoms with Gasteiger partial charge in [0.25, 0.3) is 0 Å². The summed E-state index contributed by atoms with van der Waals surface area (Å²) in [6.45, 7) is 8.79. The molecular formula is C46H35N4OPd-3. The van der Waals surface area contributed by atoms with E-state index in [1.807, 2.05) is 30.5 Å². The van der Waals surface area contributed by atoms with Crippen molar-refractivity contribution in [3.05, 3.63) is 176 Å². The van der Waals surface area contributed by atoms with Gasteiger partial charge < -0.3 is 19.4 Å². The van der Waals surface area contributed by atoms with Crippen LogP contribution < -0.4 is 19.4 Å². The third kappa shape index (κ3) is 5.94. The second-order valence-corrected chi connectivity index (χ2v) is 13.8. The van der Waals surface area contributed by atoms with Crippen molar-refractivity contribution in [2.45, 2.75) is 26.2 Å². The molecule has 5 nitrogen and oxygen atoms in total. The van der Waals surface area contributed by atoms with Crippen LogP contribution in [0.4, 0.5) is 39.9 Å². The van der Waals surface area contributed by atoms with Crippen molar-refractivity contribution >= 4 is 39.9 Å². The summed E-state index contributed by atoms with van der Waals surface area (Å²) < 4.78 is 6.61. The Hall–Kier alpha value is -5.67. The molecule has 2 aliphatic rings. The number of aromatic nitrogens is 1. The van der Waals surface area contributed by atoms with Gasteiger partial charge in [0, 0.05) is 60.7 Å². The standard InChI is InChI=1S/C46H35N4O.Pd/c1-46(2,3)32-26-27-47-45(28-32)50-41-21-10-9-20-39(41)37-18-7-8-19-38(37)40-25-24-36(30-44(40)50)51-35-17-13-16-34(29-35)49-31-48(33-14-5-4-6-15-33)42-22-11-12-23-43(42)49;/h4-28,31H,1-3H3;/q-3;. The maximum atomic E-state index is 6.61. The first-order valence-corrected chi connectivity index (χ1v) is 17.2. The predicted molar refractivity (Wildman–Crippen MR) is 208 cm³/mol. The molecule has 2 aliphatic heterocycles. The van der Waals surface area contributed by atoms with Crippen LogP contribution in [0.25, 0.3) is 22.3 Å². The van der Waals surface area contributed by atoms with E-state index in [4.69, 9.17) is 9.72 Å². The van der Waals surface area contributed by atoms with E-state index in [0.717, 1.165) is 56.6 Å². The summed E-state index contributed by atoms with van der Waals surface area (Å²) >= 11 is 0. The van der Waals surface area contributed by atoms with E-state index in [2.05, 4.69) is 176 Å². The van der Waals surface area contributed by atoms with E-state index >= 15 is 0 Å². The Morgan fingerprint density at radius 2 is 1.21 bits per heavy atom. The van der Waals surface area contributed by atoms with Crippen LogP contribution in [0.1, 0.15) is 26.3 Å². The van der Waals surface area contributed by atoms with Gasteiger partial charge in [-0.05, 0) is 59.0 Å². The fourth-order valence-electron chi connectivity index (χ4n) is 6.98. The van der Waals surface area contributed by atoms with E-state index < -0.39 is 0 Å². The average molecular weight is 766 g/mol. The van der Waals surface area contributed by atoms with E-state index in [-0.39, 0.29) is 25.8 Å². The minimum atomic E-state index is -0.0458. The van der Waals surface area contributed by atoms with Crippen molar-refractivity contribution in [1.82, 2.24) is 4.98 Å². The van der Waals surface area contributed by atoms with Crippen molar-refractivity contribution < 1.29 is 25.2 Å². The zero-order chi connectivity index (χ0) is 34.5. The minimum Gasteiger partial charge on any atom is -0.509 e. The Labute approximate surface area is 319 Å². The van der Waals surface area contributed by atoms with Crippen LogP contribution in [0.5, 0.6) is 11.5 Å². The van der Waals surface area contributed by atoms with Gasteiger partial charge in [0.1, 0.15) is 5.82 Å². The number of hydrogen-bond donors (Lipinski definition) is 0. The van der Waals surface area contributed by atoms with Crippen molar-refractivity contribution in [1.29, 1.82) is 0 Å². The van der Waals surface area contributed by atoms with Crippen LogP contribution in [-0.2, 0) is 25.8 Å². The number of rotatable bonds is 5. The summed E-state index contributed by atoms with van der Waals surface area (Å²) in [5.74, 6) is 2.02. The van der Waals surface area contributed by atoms with Gasteiger partial charge in [-0.25, -0.2) is 4.98 Å². The zero-order valence-electron chi connectivity index (χ0n) is 29.0. The summed E-state index contributed by atoms with van der Waals surface area (Å²) in [5, 5.41) is 0. The molecule has 0 N–H and O–H groups in total. The molecule has 9 rings (SSSR count). The molecule has 0 aliphatic carbocycles. The molecule has 0 saturated carbocycles. The normalized spacial score (nSPS) is 12.9. The maximum absolute atomic E-state index is 6.61. The summed E-state index contributed by atoms with van der Waals surface area (Å²) in [7, 11) is 0. The molecule has 7 aromatic rings. The number of ether oxygens (including phenoxy) is 1. The van der Waals surface area contributed by atoms with Crippen molar-refractivity contribution in [2.75, 3.05) is 14.7 Å². The van der Waals surface area contributed by atoms with Gasteiger partial charge in [-0.1, -0.05) is 105 Å². The van der Waals surface area contributed by atoms with Crippen molar-refractivity contribution in [2.24, 2.45) is 0 Å². The van der Waals surface area contributed by atoms with Crippen LogP contribution in [0.2, 0.25) is 0 Å². The smallest absolute Gasteiger partial charge is 0.135 e. The molecule has 0 atom stereocenters. The molecule has 0 radical (unpaired) electrons. The van der Waals surface area contributed by atoms with Crippen molar-refractivity contribution in [3.8, 4) is 33.8 Å². The quantitative estimate of drug-likeness (QED) is 0.129. The number of benzene rings is 6. The molecule has 52 heavy (non-hydrogen) atoms. The van der Waals surface area contributed by atoms with Gasteiger partial charge in [0.05, 0.1) is 5.69 Å². The largest absolute Gasteiger partial charge is 0.509 e. The van der Waals surface area contributed by atoms with E-state index in [1.54, 1.807) is 0 Å². The molecule has 0 fully saturated rings. The Balaban J connectivity index is 0.00000387. The molecule has 0 amide bonds. The van der Waals surface area contributed by atoms with E-state index in [0.29, 0.717) is 11.5 Å². The topological polar surface area (TPSA) is 31.8 Å². The summed E-state index contributed by atoms with van der Waals surface area (Å²) in [5.41, 5.74) is 11.7. The second-order valence-electron chi connectivity index (χ2n) is 13.8. The molecule has 0 spiro atoms. The monoisotopic (exact) mass is 765 g/mol. The Kier molecular flexibility index (Phi) is 8.67. The van der Waals surface area contributed by atoms with Gasteiger partial charge in [0.2, 0.25) is 0 Å². The van der Waals surface area contributed by atoms with Crippen LogP contribution in [-0.4, -0.2) is 4.98 Å². The van der Waals surface area contributed by atoms with Gasteiger partial charge in [-0.3, -0.25) is 0 Å². The molecule has 0 bridgehead atoms. The zero-order valence-corrected chi connectivity index (χ0v) is 30.6. The van der Waals surface area contributed by atoms with Gasteiger partial charge in [-0.15, -0.1) is 48.3 Å². The van der Waals surface area contributed by atoms with E-state index in [1.165, 1.54) is 11.1 Å². The number of pyridine rings is 1. The number of hydrogen-bond acceptors (Lipinski definition) is 5. The predicted octanol–water partition coefficient (Wildman–Crippen LogP) is 12.3. The molecule has 6 heteroatoms. The summed E-state index contributed by atoms with van der Waals surface area (Å²) in [4.78, 5) is 11.5. The first-order valence-electron chi connectivity index (χ1n) is 17.2. The van der Waals surface area contributed by atoms with Crippen LogP contribution in [0.15, 0.2) is 152 Å². The first kappa shape index (κ1) is 33.5. The molecule has 6 aromatic carbocycles. The molecule has 1 aromatic heterocycles. The van der Waals surface area contributed by atoms with E-state index in [9.17, 15) is 0 Å². The fourth-order valence-corrected chi connectivity index (χ4v) is 6.98. The molecule has 258 valence electrons. The number of fused-ring (bicyclic) bond motifs is 6. The van der Waals surface area contributed by atoms with Gasteiger partial charge in [0.15, 0.2) is 0 Å². The number of anilines is 7. The Morgan fingerprint density at radius 1 is 0.577 bits per heavy atom. The first-order chi connectivity index (χ1) is 24.9. The van der Waals surface area contributed by atoms with Crippen LogP contribution in [0.3, 0.4) is 0 Å². The van der Waals surface area contributed by atoms with Gasteiger partial charge in [-0.2, -0.15) is 12.1 Å². The fraction of sp³-hybridized carbons (Fsp3) is 0.0870. The minimum absolute atomic E-state index is 0. The molecule has 0 saturated heterocycles. The summed E-state index contributed by atoms with van der Waals surface area (Å²) in [6, 6.07) is 57.5. The average Bonchev–Trinajstić information content (AvgIpc) is 3.50. The molecule has 3 heterocycles. The molecular weight excluding hydrogens is 731 g/mol. The summed E-state index contributed by atoms with van der Waals surface area (Å²) in [6.07, 6.45) is 1.91. The Bertz CT molecular complexity index is 2400. The van der Waals surface area contributed by atoms with Gasteiger partial charge >= 0.3 is 0 Å². The number of nitrogens with zero attached hydrogens (tertiary/aromatic N) is 4. The SMILES string of the molecule is CC(C)(C)c1ccnc(N2c3[c-]c(Oc4[c-]c(N5[CH-]N(c6ccccc6)c6ccccc65)ccc4)ccc3-c3ccccc3-c3ccccc32)c1.[Pd]. The maximum Gasteiger partial charge on any atom is 0.135 e. The van der Waals surface area contributed by atoms with Crippen LogP contribution in [0, 0.1) is 18.8 Å². The van der Waals surface area contributed by atoms with Crippen LogP contribution >= 0.6 is 0 Å². The van der Waals surface area contributed by atoms with Crippen molar-refractivity contribution in [3.63, 3.8) is 0 Å². The third-order valence-electron chi connectivity index (χ3n) is 9.51. The number of para-hydroxylation sites is 4. The Morgan fingerprint density at radius 3 is 1.96 bits per heavy atom.